The van der Waals surface area contributed by atoms with Crippen LogP contribution in [0.25, 0.3) is 0 Å². The monoisotopic (exact) mass is 464 g/mol. The first-order valence-corrected chi connectivity index (χ1v) is 11.8. The van der Waals surface area contributed by atoms with Crippen LogP contribution in [0.1, 0.15) is 53.6 Å². The minimum atomic E-state index is -0.626. The molecule has 2 aromatic rings. The van der Waals surface area contributed by atoms with E-state index in [-0.39, 0.29) is 29.8 Å². The zero-order valence-corrected chi connectivity index (χ0v) is 18.9. The molecule has 4 heterocycles. The largest absolute Gasteiger partial charge is 0.492 e. The SMILES string of the molecule is O=C1CCC(N2Cc3cc(OC[C@@H]4CCCCN4Cc4ccc[nH]c4=O)ccc3C2=O)C(=O)N1. The van der Waals surface area contributed by atoms with E-state index >= 15 is 0 Å². The molecule has 9 heteroatoms. The van der Waals surface area contributed by atoms with Crippen molar-refractivity contribution in [2.45, 2.75) is 57.3 Å². The number of hydrogen-bond donors (Lipinski definition) is 2. The van der Waals surface area contributed by atoms with Gasteiger partial charge in [-0.25, -0.2) is 0 Å². The number of ether oxygens (including phenoxy) is 1. The van der Waals surface area contributed by atoms with Gasteiger partial charge in [-0.05, 0) is 55.6 Å². The van der Waals surface area contributed by atoms with E-state index in [0.717, 1.165) is 36.9 Å². The van der Waals surface area contributed by atoms with Crippen LogP contribution in [0.2, 0.25) is 0 Å². The number of hydrogen-bond acceptors (Lipinski definition) is 6. The van der Waals surface area contributed by atoms with Gasteiger partial charge in [0.05, 0.1) is 0 Å². The number of likely N-dealkylation sites (tertiary alicyclic amines) is 1. The smallest absolute Gasteiger partial charge is 0.255 e. The molecule has 0 spiro atoms. The van der Waals surface area contributed by atoms with Gasteiger partial charge in [0.1, 0.15) is 18.4 Å². The predicted octanol–water partition coefficient (Wildman–Crippen LogP) is 1.57. The van der Waals surface area contributed by atoms with E-state index < -0.39 is 11.9 Å². The summed E-state index contributed by atoms with van der Waals surface area (Å²) in [6, 6.07) is 8.68. The molecule has 3 aliphatic heterocycles. The number of imide groups is 1. The van der Waals surface area contributed by atoms with E-state index in [1.165, 1.54) is 4.90 Å². The summed E-state index contributed by atoms with van der Waals surface area (Å²) in [7, 11) is 0. The van der Waals surface area contributed by atoms with Gasteiger partial charge in [-0.1, -0.05) is 12.5 Å². The van der Waals surface area contributed by atoms with Gasteiger partial charge in [0.2, 0.25) is 11.8 Å². The third kappa shape index (κ3) is 4.48. The summed E-state index contributed by atoms with van der Waals surface area (Å²) in [5.74, 6) is -0.222. The average Bonchev–Trinajstić information content (AvgIpc) is 3.15. The van der Waals surface area contributed by atoms with Crippen molar-refractivity contribution in [2.75, 3.05) is 13.2 Å². The number of fused-ring (bicyclic) bond motifs is 1. The van der Waals surface area contributed by atoms with Gasteiger partial charge in [0.15, 0.2) is 0 Å². The average molecular weight is 465 g/mol. The summed E-state index contributed by atoms with van der Waals surface area (Å²) in [6.07, 6.45) is 5.43. The first-order chi connectivity index (χ1) is 16.5. The molecule has 2 fully saturated rings. The highest BCUT2D eigenvalue weighted by Crippen LogP contribution is 2.30. The Morgan fingerprint density at radius 1 is 1.06 bits per heavy atom. The molecule has 178 valence electrons. The van der Waals surface area contributed by atoms with E-state index in [1.807, 2.05) is 18.2 Å². The Bertz CT molecular complexity index is 1180. The third-order valence-corrected chi connectivity index (χ3v) is 6.96. The predicted molar refractivity (Wildman–Crippen MR) is 123 cm³/mol. The van der Waals surface area contributed by atoms with Gasteiger partial charge in [-0.3, -0.25) is 29.4 Å². The summed E-state index contributed by atoms with van der Waals surface area (Å²) in [6.45, 7) is 2.32. The van der Waals surface area contributed by atoms with Crippen molar-refractivity contribution in [3.8, 4) is 5.75 Å². The Morgan fingerprint density at radius 2 is 1.94 bits per heavy atom. The summed E-state index contributed by atoms with van der Waals surface area (Å²) in [5, 5.41) is 2.32. The van der Waals surface area contributed by atoms with Gasteiger partial charge in [0.25, 0.3) is 11.5 Å². The highest BCUT2D eigenvalue weighted by molar-refractivity contribution is 6.05. The molecule has 0 aliphatic carbocycles. The lowest BCUT2D eigenvalue weighted by Crippen LogP contribution is -2.52. The second kappa shape index (κ2) is 9.42. The lowest BCUT2D eigenvalue weighted by atomic mass is 10.0. The van der Waals surface area contributed by atoms with Crippen molar-refractivity contribution >= 4 is 17.7 Å². The third-order valence-electron chi connectivity index (χ3n) is 6.96. The minimum Gasteiger partial charge on any atom is -0.492 e. The number of nitrogens with zero attached hydrogens (tertiary/aromatic N) is 2. The number of rotatable bonds is 6. The van der Waals surface area contributed by atoms with Crippen LogP contribution in [0, 0.1) is 0 Å². The van der Waals surface area contributed by atoms with Crippen LogP contribution in [-0.4, -0.2) is 57.7 Å². The molecule has 2 atom stereocenters. The lowest BCUT2D eigenvalue weighted by Gasteiger charge is -2.35. The van der Waals surface area contributed by atoms with Crippen molar-refractivity contribution in [3.63, 3.8) is 0 Å². The summed E-state index contributed by atoms with van der Waals surface area (Å²) < 4.78 is 6.14. The Hall–Kier alpha value is -3.46. The number of amides is 3. The van der Waals surface area contributed by atoms with E-state index in [4.69, 9.17) is 4.74 Å². The highest BCUT2D eigenvalue weighted by Gasteiger charge is 2.39. The van der Waals surface area contributed by atoms with Crippen molar-refractivity contribution in [2.24, 2.45) is 0 Å². The first kappa shape index (κ1) is 22.3. The van der Waals surface area contributed by atoms with Crippen molar-refractivity contribution in [1.82, 2.24) is 20.1 Å². The summed E-state index contributed by atoms with van der Waals surface area (Å²) >= 11 is 0. The molecule has 1 aromatic carbocycles. The molecule has 1 aromatic heterocycles. The minimum absolute atomic E-state index is 0.0587. The van der Waals surface area contributed by atoms with Gasteiger partial charge >= 0.3 is 0 Å². The fraction of sp³-hybridized carbons (Fsp3) is 0.440. The molecular weight excluding hydrogens is 436 g/mol. The molecule has 3 aliphatic rings. The van der Waals surface area contributed by atoms with Crippen LogP contribution in [0.4, 0.5) is 0 Å². The number of aromatic nitrogens is 1. The molecule has 9 nitrogen and oxygen atoms in total. The Morgan fingerprint density at radius 3 is 2.76 bits per heavy atom. The molecule has 5 rings (SSSR count). The number of piperidine rings is 2. The zero-order chi connectivity index (χ0) is 23.7. The Kier molecular flexibility index (Phi) is 6.19. The lowest BCUT2D eigenvalue weighted by molar-refractivity contribution is -0.136. The first-order valence-electron chi connectivity index (χ1n) is 11.8. The van der Waals surface area contributed by atoms with Gasteiger partial charge in [-0.15, -0.1) is 0 Å². The topological polar surface area (TPSA) is 112 Å². The van der Waals surface area contributed by atoms with Crippen LogP contribution in [0.3, 0.4) is 0 Å². The summed E-state index contributed by atoms with van der Waals surface area (Å²) in [5.41, 5.74) is 2.08. The Balaban J connectivity index is 1.24. The number of pyridine rings is 1. The number of H-pyrrole nitrogens is 1. The molecule has 34 heavy (non-hydrogen) atoms. The molecular formula is C25H28N4O5. The maximum absolute atomic E-state index is 12.9. The normalized spacial score (nSPS) is 23.1. The quantitative estimate of drug-likeness (QED) is 0.628. The molecule has 3 amide bonds. The maximum Gasteiger partial charge on any atom is 0.255 e. The number of benzene rings is 1. The zero-order valence-electron chi connectivity index (χ0n) is 18.9. The van der Waals surface area contributed by atoms with Crippen molar-refractivity contribution < 1.29 is 19.1 Å². The molecule has 0 bridgehead atoms. The number of aromatic amines is 1. The van der Waals surface area contributed by atoms with Crippen molar-refractivity contribution in [3.05, 3.63) is 63.6 Å². The van der Waals surface area contributed by atoms with Crippen LogP contribution in [0.5, 0.6) is 5.75 Å². The van der Waals surface area contributed by atoms with Gasteiger partial charge < -0.3 is 14.6 Å². The van der Waals surface area contributed by atoms with E-state index in [0.29, 0.717) is 37.4 Å². The molecule has 2 saturated heterocycles. The summed E-state index contributed by atoms with van der Waals surface area (Å²) in [4.78, 5) is 55.2. The van der Waals surface area contributed by atoms with Crippen LogP contribution in [0.15, 0.2) is 41.3 Å². The van der Waals surface area contributed by atoms with E-state index in [1.54, 1.807) is 18.3 Å². The van der Waals surface area contributed by atoms with E-state index in [2.05, 4.69) is 15.2 Å². The maximum atomic E-state index is 12.9. The van der Waals surface area contributed by atoms with Gasteiger partial charge in [0, 0.05) is 42.9 Å². The van der Waals surface area contributed by atoms with Crippen molar-refractivity contribution in [1.29, 1.82) is 0 Å². The van der Waals surface area contributed by atoms with Crippen LogP contribution in [-0.2, 0) is 22.7 Å². The standard InChI is InChI=1S/C25H28N4O5/c30-22-9-8-21(24(32)27-22)29-14-17-12-19(6-7-20(17)25(29)33)34-15-18-5-1-2-11-28(18)13-16-4-3-10-26-23(16)31/h3-4,6-7,10,12,18,21H,1-2,5,8-9,11,13-15H2,(H,26,31)(H,27,30,32)/t18-,21?/m0/s1. The fourth-order valence-electron chi connectivity index (χ4n) is 5.09. The fourth-order valence-corrected chi connectivity index (χ4v) is 5.09. The second-order valence-corrected chi connectivity index (χ2v) is 9.17. The number of carbonyl (C=O) groups excluding carboxylic acids is 3. The second-order valence-electron chi connectivity index (χ2n) is 9.17. The molecule has 0 radical (unpaired) electrons. The number of carbonyl (C=O) groups is 3. The van der Waals surface area contributed by atoms with Crippen LogP contribution < -0.4 is 15.6 Å². The van der Waals surface area contributed by atoms with Crippen LogP contribution >= 0.6 is 0 Å². The number of nitrogens with one attached hydrogen (secondary N) is 2. The molecule has 0 saturated carbocycles. The molecule has 2 N–H and O–H groups in total. The van der Waals surface area contributed by atoms with Gasteiger partial charge in [-0.2, -0.15) is 0 Å². The van der Waals surface area contributed by atoms with E-state index in [9.17, 15) is 19.2 Å². The Labute approximate surface area is 197 Å². The highest BCUT2D eigenvalue weighted by atomic mass is 16.5. The molecule has 1 unspecified atom stereocenters.